The average Bonchev–Trinajstić information content (AvgIpc) is 2.27. The topological polar surface area (TPSA) is 63.4 Å². The maximum atomic E-state index is 11.9. The first-order valence-electron chi connectivity index (χ1n) is 5.20. The molecule has 0 amide bonds. The van der Waals surface area contributed by atoms with Crippen LogP contribution in [-0.2, 0) is 15.8 Å². The van der Waals surface area contributed by atoms with Crippen molar-refractivity contribution in [2.75, 3.05) is 13.6 Å². The minimum absolute atomic E-state index is 0.0785. The van der Waals surface area contributed by atoms with Crippen molar-refractivity contribution in [2.45, 2.75) is 12.7 Å². The van der Waals surface area contributed by atoms with Gasteiger partial charge in [0.1, 0.15) is 4.99 Å². The predicted molar refractivity (Wildman–Crippen MR) is 73.3 cm³/mol. The van der Waals surface area contributed by atoms with Crippen molar-refractivity contribution in [2.24, 2.45) is 5.73 Å². The van der Waals surface area contributed by atoms with Crippen LogP contribution in [-0.4, -0.2) is 31.3 Å². The lowest BCUT2D eigenvalue weighted by atomic mass is 10.1. The lowest BCUT2D eigenvalue weighted by Crippen LogP contribution is -2.28. The molecule has 0 unspecified atom stereocenters. The Labute approximate surface area is 107 Å². The van der Waals surface area contributed by atoms with Gasteiger partial charge in [0.2, 0.25) is 10.0 Å². The van der Waals surface area contributed by atoms with E-state index < -0.39 is 10.0 Å². The van der Waals surface area contributed by atoms with E-state index in [0.29, 0.717) is 17.7 Å². The number of hydrogen-bond acceptors (Lipinski definition) is 3. The van der Waals surface area contributed by atoms with Crippen molar-refractivity contribution in [3.63, 3.8) is 0 Å². The van der Waals surface area contributed by atoms with Gasteiger partial charge in [0.15, 0.2) is 0 Å². The Morgan fingerprint density at radius 2 is 2.00 bits per heavy atom. The summed E-state index contributed by atoms with van der Waals surface area (Å²) in [6, 6.07) is 7.03. The molecule has 0 heterocycles. The fraction of sp³-hybridized carbons (Fsp3) is 0.364. The maximum Gasteiger partial charge on any atom is 0.218 e. The van der Waals surface area contributed by atoms with Crippen LogP contribution in [0.3, 0.4) is 0 Å². The molecule has 17 heavy (non-hydrogen) atoms. The van der Waals surface area contributed by atoms with Crippen molar-refractivity contribution < 1.29 is 8.42 Å². The van der Waals surface area contributed by atoms with Crippen molar-refractivity contribution in [3.8, 4) is 0 Å². The number of nitrogens with two attached hydrogens (primary N) is 1. The fourth-order valence-corrected chi connectivity index (χ4v) is 2.85. The number of thiocarbonyl (C=S) groups is 1. The van der Waals surface area contributed by atoms with E-state index in [1.165, 1.54) is 4.31 Å². The molecule has 94 valence electrons. The van der Waals surface area contributed by atoms with Gasteiger partial charge in [-0.15, -0.1) is 0 Å². The second-order valence-electron chi connectivity index (χ2n) is 3.69. The molecule has 0 fully saturated rings. The maximum absolute atomic E-state index is 11.9. The molecule has 0 atom stereocenters. The molecule has 1 aromatic carbocycles. The summed E-state index contributed by atoms with van der Waals surface area (Å²) >= 11 is 4.90. The molecular formula is C11H16N2O2S2. The summed E-state index contributed by atoms with van der Waals surface area (Å²) in [5, 5.41) is 0. The molecule has 0 saturated heterocycles. The molecule has 2 N–H and O–H groups in total. The summed E-state index contributed by atoms with van der Waals surface area (Å²) in [5.41, 5.74) is 6.83. The van der Waals surface area contributed by atoms with Gasteiger partial charge in [0.25, 0.3) is 0 Å². The zero-order valence-electron chi connectivity index (χ0n) is 9.88. The Kier molecular flexibility index (Phi) is 4.62. The molecule has 0 aromatic heterocycles. The van der Waals surface area contributed by atoms with Crippen LogP contribution in [0.25, 0.3) is 0 Å². The van der Waals surface area contributed by atoms with Gasteiger partial charge >= 0.3 is 0 Å². The molecule has 4 nitrogen and oxygen atoms in total. The van der Waals surface area contributed by atoms with E-state index in [4.69, 9.17) is 18.0 Å². The molecule has 0 spiro atoms. The molecule has 0 saturated carbocycles. The van der Waals surface area contributed by atoms with Crippen LogP contribution in [0.2, 0.25) is 0 Å². The highest BCUT2D eigenvalue weighted by atomic mass is 32.2. The molecule has 0 aliphatic rings. The van der Waals surface area contributed by atoms with Crippen molar-refractivity contribution in [1.29, 1.82) is 0 Å². The summed E-state index contributed by atoms with van der Waals surface area (Å²) in [6.45, 7) is 2.23. The van der Waals surface area contributed by atoms with Crippen LogP contribution in [0, 0.1) is 0 Å². The van der Waals surface area contributed by atoms with Gasteiger partial charge in [-0.05, 0) is 5.56 Å². The normalized spacial score (nSPS) is 11.7. The first-order valence-corrected chi connectivity index (χ1v) is 7.22. The zero-order valence-corrected chi connectivity index (χ0v) is 11.5. The SMILES string of the molecule is CCN(C)S(=O)(=O)Cc1ccccc1C(N)=S. The summed E-state index contributed by atoms with van der Waals surface area (Å²) in [6.07, 6.45) is 0. The van der Waals surface area contributed by atoms with Gasteiger partial charge in [0.05, 0.1) is 5.75 Å². The summed E-state index contributed by atoms with van der Waals surface area (Å²) < 4.78 is 25.2. The van der Waals surface area contributed by atoms with E-state index in [-0.39, 0.29) is 10.7 Å². The van der Waals surface area contributed by atoms with Gasteiger partial charge < -0.3 is 5.73 Å². The Morgan fingerprint density at radius 3 is 2.53 bits per heavy atom. The van der Waals surface area contributed by atoms with Crippen molar-refractivity contribution in [1.82, 2.24) is 4.31 Å². The monoisotopic (exact) mass is 272 g/mol. The van der Waals surface area contributed by atoms with Crippen LogP contribution in [0.4, 0.5) is 0 Å². The smallest absolute Gasteiger partial charge is 0.218 e. The summed E-state index contributed by atoms with van der Waals surface area (Å²) in [7, 11) is -1.75. The Morgan fingerprint density at radius 1 is 1.41 bits per heavy atom. The second-order valence-corrected chi connectivity index (χ2v) is 6.21. The van der Waals surface area contributed by atoms with Crippen LogP contribution in [0.15, 0.2) is 24.3 Å². The van der Waals surface area contributed by atoms with E-state index in [2.05, 4.69) is 0 Å². The first-order chi connectivity index (χ1) is 7.88. The minimum Gasteiger partial charge on any atom is -0.389 e. The molecule has 0 radical (unpaired) electrons. The lowest BCUT2D eigenvalue weighted by molar-refractivity contribution is 0.485. The fourth-order valence-electron chi connectivity index (χ4n) is 1.39. The van der Waals surface area contributed by atoms with Gasteiger partial charge in [-0.3, -0.25) is 0 Å². The number of hydrogen-bond donors (Lipinski definition) is 1. The molecule has 0 aliphatic carbocycles. The van der Waals surface area contributed by atoms with E-state index >= 15 is 0 Å². The summed E-state index contributed by atoms with van der Waals surface area (Å²) in [4.78, 5) is 0.218. The zero-order chi connectivity index (χ0) is 13.1. The Bertz CT molecular complexity index is 512. The number of benzene rings is 1. The van der Waals surface area contributed by atoms with Gasteiger partial charge in [0, 0.05) is 19.2 Å². The van der Waals surface area contributed by atoms with E-state index in [0.717, 1.165) is 0 Å². The third kappa shape index (κ3) is 3.49. The van der Waals surface area contributed by atoms with E-state index in [1.54, 1.807) is 38.2 Å². The molecular weight excluding hydrogens is 256 g/mol. The number of rotatable bonds is 5. The van der Waals surface area contributed by atoms with E-state index in [9.17, 15) is 8.42 Å². The van der Waals surface area contributed by atoms with Gasteiger partial charge in [-0.2, -0.15) is 0 Å². The van der Waals surface area contributed by atoms with Crippen LogP contribution in [0.1, 0.15) is 18.1 Å². The first kappa shape index (κ1) is 14.1. The van der Waals surface area contributed by atoms with E-state index in [1.807, 2.05) is 0 Å². The predicted octanol–water partition coefficient (Wildman–Crippen LogP) is 1.10. The van der Waals surface area contributed by atoms with Crippen LogP contribution in [0.5, 0.6) is 0 Å². The second kappa shape index (κ2) is 5.57. The van der Waals surface area contributed by atoms with Gasteiger partial charge in [-0.25, -0.2) is 12.7 Å². The molecule has 0 bridgehead atoms. The quantitative estimate of drug-likeness (QED) is 0.815. The third-order valence-corrected chi connectivity index (χ3v) is 4.64. The van der Waals surface area contributed by atoms with Gasteiger partial charge in [-0.1, -0.05) is 43.4 Å². The summed E-state index contributed by atoms with van der Waals surface area (Å²) in [5.74, 6) is -0.0785. The lowest BCUT2D eigenvalue weighted by Gasteiger charge is -2.16. The molecule has 1 rings (SSSR count). The number of sulfonamides is 1. The number of nitrogens with zero attached hydrogens (tertiary/aromatic N) is 1. The van der Waals surface area contributed by atoms with Crippen LogP contribution < -0.4 is 5.73 Å². The highest BCUT2D eigenvalue weighted by Crippen LogP contribution is 2.14. The molecule has 6 heteroatoms. The highest BCUT2D eigenvalue weighted by Gasteiger charge is 2.18. The Hall–Kier alpha value is -0.980. The molecule has 0 aliphatic heterocycles. The standard InChI is InChI=1S/C11H16N2O2S2/c1-3-13(2)17(14,15)8-9-6-4-5-7-10(9)11(12)16/h4-7H,3,8H2,1-2H3,(H2,12,16). The largest absolute Gasteiger partial charge is 0.389 e. The molecule has 1 aromatic rings. The van der Waals surface area contributed by atoms with Crippen LogP contribution >= 0.6 is 12.2 Å². The van der Waals surface area contributed by atoms with Crippen molar-refractivity contribution in [3.05, 3.63) is 35.4 Å². The highest BCUT2D eigenvalue weighted by molar-refractivity contribution is 7.88. The minimum atomic E-state index is -3.30. The third-order valence-electron chi connectivity index (χ3n) is 2.54. The average molecular weight is 272 g/mol. The van der Waals surface area contributed by atoms with Crippen molar-refractivity contribution >= 4 is 27.2 Å². The Balaban J connectivity index is 3.08.